The van der Waals surface area contributed by atoms with Gasteiger partial charge in [-0.2, -0.15) is 0 Å². The number of Topliss-reactive ketones (excluding diaryl/α,β-unsaturated/α-hetero) is 1. The van der Waals surface area contributed by atoms with Gasteiger partial charge in [0, 0.05) is 151 Å². The Balaban J connectivity index is 0.000000137. The number of carbonyl (C=O) groups excluding carboxylic acids is 2. The summed E-state index contributed by atoms with van der Waals surface area (Å²) in [5, 5.41) is 8.12. The molecular formula is C77H94F2N20O3. The summed E-state index contributed by atoms with van der Waals surface area (Å²) >= 11 is 0. The number of piperidine rings is 1. The molecule has 9 aromatic heterocycles. The van der Waals surface area contributed by atoms with Gasteiger partial charge in [-0.1, -0.05) is 38.7 Å². The third-order valence-corrected chi connectivity index (χ3v) is 20.6. The van der Waals surface area contributed by atoms with Crippen LogP contribution in [-0.4, -0.2) is 176 Å². The molecule has 102 heavy (non-hydrogen) atoms. The Kier molecular flexibility index (Phi) is 22.0. The lowest BCUT2D eigenvalue weighted by molar-refractivity contribution is 0.0815. The first-order valence-electron chi connectivity index (χ1n) is 36.4. The molecule has 2 saturated carbocycles. The van der Waals surface area contributed by atoms with Crippen LogP contribution in [0.3, 0.4) is 0 Å². The van der Waals surface area contributed by atoms with Crippen molar-refractivity contribution in [2.75, 3.05) is 101 Å². The van der Waals surface area contributed by atoms with Gasteiger partial charge in [0.2, 0.25) is 5.95 Å². The summed E-state index contributed by atoms with van der Waals surface area (Å²) in [6.07, 6.45) is 23.9. The number of carbonyl (C=O) groups is 2. The Hall–Kier alpha value is -9.59. The lowest BCUT2D eigenvalue weighted by Crippen LogP contribution is -2.45. The number of likely N-dealkylation sites (N-methyl/N-ethyl adjacent to an activating group) is 1. The Morgan fingerprint density at radius 3 is 1.86 bits per heavy atom. The van der Waals surface area contributed by atoms with Crippen molar-refractivity contribution in [2.45, 2.75) is 150 Å². The number of aromatic nitrogens is 13. The van der Waals surface area contributed by atoms with Gasteiger partial charge in [-0.15, -0.1) is 0 Å². The third-order valence-electron chi connectivity index (χ3n) is 20.6. The van der Waals surface area contributed by atoms with Crippen LogP contribution in [0, 0.1) is 25.5 Å². The number of imidazole rings is 1. The summed E-state index contributed by atoms with van der Waals surface area (Å²) in [7, 11) is 3.59. The molecule has 23 nitrogen and oxygen atoms in total. The van der Waals surface area contributed by atoms with Crippen LogP contribution in [0.1, 0.15) is 177 Å². The number of nitrogens with zero attached hydrogens (tertiary/aromatic N) is 18. The molecule has 10 aromatic rings. The average Bonchev–Trinajstić information content (AvgIpc) is 1.09. The second-order valence-corrected chi connectivity index (χ2v) is 28.2. The van der Waals surface area contributed by atoms with E-state index in [-0.39, 0.29) is 52.1 Å². The quantitative estimate of drug-likeness (QED) is 0.0806. The van der Waals surface area contributed by atoms with Gasteiger partial charge >= 0.3 is 0 Å². The van der Waals surface area contributed by atoms with Crippen LogP contribution in [0.4, 0.5) is 31.9 Å². The maximum atomic E-state index is 14.9. The second kappa shape index (κ2) is 31.7. The summed E-state index contributed by atoms with van der Waals surface area (Å²) < 4.78 is 35.6. The molecule has 0 spiro atoms. The van der Waals surface area contributed by atoms with Crippen molar-refractivity contribution in [3.63, 3.8) is 0 Å². The first-order valence-corrected chi connectivity index (χ1v) is 36.4. The second-order valence-electron chi connectivity index (χ2n) is 28.2. The number of hydrogen-bond acceptors (Lipinski definition) is 19. The number of fused-ring (bicyclic) bond motifs is 3. The van der Waals surface area contributed by atoms with E-state index >= 15 is 0 Å². The van der Waals surface area contributed by atoms with Crippen LogP contribution in [0.25, 0.3) is 44.4 Å². The smallest absolute Gasteiger partial charge is 0.270 e. The fourth-order valence-electron chi connectivity index (χ4n) is 15.2. The molecule has 5 aliphatic rings. The number of benzene rings is 1. The SMILES string of the molecule is CC(=O)c1c(C)c2cnc(Cc3ccc(N4CCCCC4)cn3)nc2n(C2CCCC2)c1=O.CCN1CCN(Cc2ccc(Nc3ncc(F)c(-c4cc(F)c5nc(C)n(C(C)C)c5c4)n3)nc2)CC1.CN(C)C(=O)c1cc2cnc(Cc3ccc(N4CCNCC4)cn3)nc2n1C1CCCC1. The van der Waals surface area contributed by atoms with Crippen molar-refractivity contribution in [2.24, 2.45) is 0 Å². The molecular weight excluding hydrogens is 1290 g/mol. The average molecular weight is 1390 g/mol. The van der Waals surface area contributed by atoms with Gasteiger partial charge in [-0.05, 0) is 146 Å². The number of aryl methyl sites for hydroxylation is 2. The van der Waals surface area contributed by atoms with E-state index in [2.05, 4.69) is 99.8 Å². The van der Waals surface area contributed by atoms with Crippen LogP contribution in [0.2, 0.25) is 0 Å². The van der Waals surface area contributed by atoms with Crippen LogP contribution in [0.15, 0.2) is 96.6 Å². The van der Waals surface area contributed by atoms with E-state index in [1.165, 1.54) is 50.8 Å². The molecule has 0 unspecified atom stereocenters. The number of piperazine rings is 2. The maximum Gasteiger partial charge on any atom is 0.270 e. The van der Waals surface area contributed by atoms with Crippen LogP contribution >= 0.6 is 0 Å². The zero-order valence-corrected chi connectivity index (χ0v) is 60.1. The fraction of sp³-hybridized carbons (Fsp3) is 0.468. The number of anilines is 4. The van der Waals surface area contributed by atoms with E-state index in [4.69, 9.17) is 9.97 Å². The van der Waals surface area contributed by atoms with Crippen molar-refractivity contribution in [3.8, 4) is 11.3 Å². The Labute approximate surface area is 594 Å². The number of nitrogens with one attached hydrogen (secondary N) is 2. The molecule has 3 aliphatic heterocycles. The highest BCUT2D eigenvalue weighted by atomic mass is 19.1. The van der Waals surface area contributed by atoms with Gasteiger partial charge in [-0.3, -0.25) is 33.8 Å². The number of rotatable bonds is 17. The van der Waals surface area contributed by atoms with E-state index < -0.39 is 11.6 Å². The van der Waals surface area contributed by atoms with Crippen molar-refractivity contribution in [1.82, 2.24) is 83.6 Å². The molecule has 12 heterocycles. The molecule has 15 rings (SSSR count). The number of amides is 1. The molecule has 5 fully saturated rings. The van der Waals surface area contributed by atoms with E-state index in [0.717, 1.165) is 168 Å². The summed E-state index contributed by atoms with van der Waals surface area (Å²) in [5.41, 5.74) is 9.44. The van der Waals surface area contributed by atoms with Crippen molar-refractivity contribution < 1.29 is 18.4 Å². The number of halogens is 2. The van der Waals surface area contributed by atoms with E-state index in [1.807, 2.05) is 81.3 Å². The standard InChI is InChI=1S/C27H32F2N8.C26H31N5O2.C24H31N7O/c1-5-35-8-10-36(11-9-35)16-19-6-7-24(30-14-19)33-27-31-15-22(29)25(34-27)20-12-21(28)26-23(13-20)37(17(2)3)18(4)32-26;1-17-22-16-28-23(14-19-10-11-21(15-27-19)30-12-6-3-7-13-30)29-25(22)31(20-8-4-5-9-20)26(33)24(17)18(2)32;1-29(2)24(32)21-13-17-15-27-22(28-23(17)31(21)19-5-3-4-6-19)14-18-7-8-20(16-26-18)30-11-9-25-10-12-30/h6-7,12-15,17H,5,8-11,16H2,1-4H3,(H,30,31,33,34);10-11,15-16,20H,3-9,12-14H2,1-2H3;7-8,13,15-16,19,25H,3-6,9-12,14H2,1-2H3. The molecule has 2 N–H and O–H groups in total. The predicted molar refractivity (Wildman–Crippen MR) is 395 cm³/mol. The van der Waals surface area contributed by atoms with E-state index in [9.17, 15) is 23.2 Å². The highest BCUT2D eigenvalue weighted by molar-refractivity contribution is 5.99. The molecule has 3 saturated heterocycles. The highest BCUT2D eigenvalue weighted by Crippen LogP contribution is 2.37. The monoisotopic (exact) mass is 1380 g/mol. The first kappa shape index (κ1) is 70.8. The van der Waals surface area contributed by atoms with Crippen molar-refractivity contribution in [1.29, 1.82) is 0 Å². The predicted octanol–water partition coefficient (Wildman–Crippen LogP) is 12.0. The molecule has 0 bridgehead atoms. The Morgan fingerprint density at radius 2 is 1.26 bits per heavy atom. The number of ketones is 1. The number of pyridine rings is 4. The molecule has 2 aliphatic carbocycles. The van der Waals surface area contributed by atoms with Crippen LogP contribution in [-0.2, 0) is 19.4 Å². The fourth-order valence-corrected chi connectivity index (χ4v) is 15.2. The molecule has 25 heteroatoms. The summed E-state index contributed by atoms with van der Waals surface area (Å²) in [6.45, 7) is 23.7. The van der Waals surface area contributed by atoms with Gasteiger partial charge in [-0.25, -0.2) is 48.7 Å². The zero-order chi connectivity index (χ0) is 71.1. The van der Waals surface area contributed by atoms with Gasteiger partial charge in [0.25, 0.3) is 11.5 Å². The molecule has 534 valence electrons. The van der Waals surface area contributed by atoms with E-state index in [0.29, 0.717) is 64.3 Å². The molecule has 0 radical (unpaired) electrons. The minimum atomic E-state index is -0.636. The zero-order valence-electron chi connectivity index (χ0n) is 60.1. The molecule has 0 atom stereocenters. The molecule has 1 amide bonds. The highest BCUT2D eigenvalue weighted by Gasteiger charge is 2.29. The van der Waals surface area contributed by atoms with E-state index in [1.54, 1.807) is 35.8 Å². The third kappa shape index (κ3) is 15.9. The first-order chi connectivity index (χ1) is 49.4. The summed E-state index contributed by atoms with van der Waals surface area (Å²) in [4.78, 5) is 95.3. The minimum absolute atomic E-state index is 0.00954. The Bertz CT molecular complexity index is 4660. The van der Waals surface area contributed by atoms with Crippen LogP contribution < -0.4 is 26.0 Å². The topological polar surface area (TPSA) is 235 Å². The lowest BCUT2D eigenvalue weighted by atomic mass is 10.0. The molecule has 1 aromatic carbocycles. The normalized spacial score (nSPS) is 16.4. The Morgan fingerprint density at radius 1 is 0.637 bits per heavy atom. The minimum Gasteiger partial charge on any atom is -0.370 e. The summed E-state index contributed by atoms with van der Waals surface area (Å²) in [5.74, 6) is 1.47. The van der Waals surface area contributed by atoms with Gasteiger partial charge in [0.1, 0.15) is 51.5 Å². The summed E-state index contributed by atoms with van der Waals surface area (Å²) in [6, 6.07) is 17.7. The van der Waals surface area contributed by atoms with Gasteiger partial charge < -0.3 is 39.4 Å². The van der Waals surface area contributed by atoms with Gasteiger partial charge in [0.05, 0.1) is 53.9 Å². The van der Waals surface area contributed by atoms with Crippen molar-refractivity contribution >= 4 is 67.9 Å². The van der Waals surface area contributed by atoms with Gasteiger partial charge in [0.15, 0.2) is 17.4 Å². The van der Waals surface area contributed by atoms with Crippen molar-refractivity contribution in [3.05, 3.63) is 165 Å². The largest absolute Gasteiger partial charge is 0.370 e. The van der Waals surface area contributed by atoms with Crippen LogP contribution in [0.5, 0.6) is 0 Å². The lowest BCUT2D eigenvalue weighted by Gasteiger charge is -2.33. The maximum absolute atomic E-state index is 14.9. The number of hydrogen-bond donors (Lipinski definition) is 2.